The van der Waals surface area contributed by atoms with Gasteiger partial charge in [0.15, 0.2) is 0 Å². The Hall–Kier alpha value is -1.87. The van der Waals surface area contributed by atoms with Crippen molar-refractivity contribution in [2.24, 2.45) is 0 Å². The van der Waals surface area contributed by atoms with Gasteiger partial charge < -0.3 is 4.43 Å². The third-order valence-electron chi connectivity index (χ3n) is 5.69. The van der Waals surface area contributed by atoms with E-state index in [-0.39, 0.29) is 5.97 Å². The highest BCUT2D eigenvalue weighted by molar-refractivity contribution is 6.81. The molecule has 0 aliphatic rings. The van der Waals surface area contributed by atoms with E-state index in [1.54, 1.807) is 0 Å². The van der Waals surface area contributed by atoms with Crippen LogP contribution in [0.25, 0.3) is 0 Å². The van der Waals surface area contributed by atoms with E-state index >= 15 is 0 Å². The average Bonchev–Trinajstić information content (AvgIpc) is 2.79. The van der Waals surface area contributed by atoms with E-state index in [0.717, 1.165) is 23.2 Å². The van der Waals surface area contributed by atoms with Crippen LogP contribution in [-0.2, 0) is 9.22 Å². The van der Waals surface area contributed by atoms with Gasteiger partial charge in [0.1, 0.15) is 0 Å². The maximum atomic E-state index is 12.5. The fraction of sp³-hybridized carbons (Fsp3) is 0.519. The fourth-order valence-corrected chi connectivity index (χ4v) is 6.07. The molecule has 0 aromatic heterocycles. The highest BCUT2D eigenvalue weighted by atomic mass is 28.3. The van der Waals surface area contributed by atoms with Crippen LogP contribution < -0.4 is 10.4 Å². The van der Waals surface area contributed by atoms with E-state index in [0.29, 0.717) is 6.42 Å². The van der Waals surface area contributed by atoms with Crippen LogP contribution in [0.15, 0.2) is 60.7 Å². The van der Waals surface area contributed by atoms with Gasteiger partial charge in [0.25, 0.3) is 5.97 Å². The average molecular weight is 425 g/mol. The van der Waals surface area contributed by atoms with Crippen LogP contribution in [-0.4, -0.2) is 15.0 Å². The van der Waals surface area contributed by atoms with Gasteiger partial charge in [0.2, 0.25) is 0 Å². The smallest absolute Gasteiger partial charge is 0.302 e. The molecule has 0 radical (unpaired) electrons. The molecule has 0 amide bonds. The van der Waals surface area contributed by atoms with Gasteiger partial charge in [-0.05, 0) is 16.8 Å². The van der Waals surface area contributed by atoms with Crippen LogP contribution in [0.4, 0.5) is 0 Å². The zero-order valence-electron chi connectivity index (χ0n) is 18.9. The quantitative estimate of drug-likeness (QED) is 0.238. The van der Waals surface area contributed by atoms with Crippen molar-refractivity contribution in [2.45, 2.75) is 90.4 Å². The van der Waals surface area contributed by atoms with E-state index in [2.05, 4.69) is 31.2 Å². The van der Waals surface area contributed by atoms with Gasteiger partial charge in [-0.15, -0.1) is 0 Å². The number of hydrogen-bond acceptors (Lipinski definition) is 2. The topological polar surface area (TPSA) is 26.3 Å². The van der Waals surface area contributed by atoms with Crippen molar-refractivity contribution in [2.75, 3.05) is 0 Å². The lowest BCUT2D eigenvalue weighted by Gasteiger charge is -2.17. The first kappa shape index (κ1) is 24.4. The van der Waals surface area contributed by atoms with Crippen molar-refractivity contribution >= 4 is 25.4 Å². The van der Waals surface area contributed by atoms with Gasteiger partial charge >= 0.3 is 9.04 Å². The number of hydrogen-bond donors (Lipinski definition) is 0. The molecule has 0 unspecified atom stereocenters. The molecule has 3 heteroatoms. The van der Waals surface area contributed by atoms with Crippen LogP contribution in [0.3, 0.4) is 0 Å². The van der Waals surface area contributed by atoms with Gasteiger partial charge in [-0.1, -0.05) is 138 Å². The molecule has 2 nitrogen and oxygen atoms in total. The van der Waals surface area contributed by atoms with Gasteiger partial charge in [0.05, 0.1) is 0 Å². The number of carbonyl (C=O) groups excluding carboxylic acids is 1. The van der Waals surface area contributed by atoms with Crippen LogP contribution in [0.1, 0.15) is 90.4 Å². The summed E-state index contributed by atoms with van der Waals surface area (Å²) in [4.78, 5) is 12.5. The van der Waals surface area contributed by atoms with E-state index < -0.39 is 9.04 Å². The number of unbranched alkanes of at least 4 members (excludes halogenated alkanes) is 11. The minimum Gasteiger partial charge on any atom is -0.513 e. The summed E-state index contributed by atoms with van der Waals surface area (Å²) in [7, 11) is -1.95. The summed E-state index contributed by atoms with van der Waals surface area (Å²) >= 11 is 0. The van der Waals surface area contributed by atoms with Crippen molar-refractivity contribution in [1.29, 1.82) is 0 Å². The molecule has 0 N–H and O–H groups in total. The Kier molecular flexibility index (Phi) is 12.9. The molecule has 0 saturated carbocycles. The van der Waals surface area contributed by atoms with Crippen LogP contribution in [0.5, 0.6) is 0 Å². The summed E-state index contributed by atoms with van der Waals surface area (Å²) in [6, 6.07) is 20.5. The number of benzene rings is 2. The van der Waals surface area contributed by atoms with Crippen molar-refractivity contribution in [3.05, 3.63) is 60.7 Å². The molecule has 0 spiro atoms. The third-order valence-corrected chi connectivity index (χ3v) is 8.17. The van der Waals surface area contributed by atoms with Gasteiger partial charge in [-0.3, -0.25) is 4.79 Å². The molecule has 2 aromatic rings. The zero-order valence-corrected chi connectivity index (χ0v) is 20.0. The molecule has 2 rings (SSSR count). The molecule has 0 bridgehead atoms. The second kappa shape index (κ2) is 15.9. The molecule has 0 aliphatic heterocycles. The van der Waals surface area contributed by atoms with Gasteiger partial charge in [-0.2, -0.15) is 0 Å². The van der Waals surface area contributed by atoms with Crippen molar-refractivity contribution in [1.82, 2.24) is 0 Å². The Balaban J connectivity index is 1.60. The first-order chi connectivity index (χ1) is 14.8. The Morgan fingerprint density at radius 1 is 0.633 bits per heavy atom. The second-order valence-corrected chi connectivity index (χ2v) is 10.7. The summed E-state index contributed by atoms with van der Waals surface area (Å²) in [6.07, 6.45) is 16.2. The maximum Gasteiger partial charge on any atom is 0.302 e. The largest absolute Gasteiger partial charge is 0.513 e. The molecule has 0 fully saturated rings. The normalized spacial score (nSPS) is 11.0. The second-order valence-electron chi connectivity index (χ2n) is 8.33. The Labute approximate surface area is 185 Å². The minimum atomic E-state index is -1.95. The first-order valence-electron chi connectivity index (χ1n) is 12.1. The molecule has 0 saturated heterocycles. The lowest BCUT2D eigenvalue weighted by atomic mass is 10.0. The number of carbonyl (C=O) groups is 1. The van der Waals surface area contributed by atoms with E-state index in [1.165, 1.54) is 64.2 Å². The third kappa shape index (κ3) is 10.2. The monoisotopic (exact) mass is 424 g/mol. The molecule has 2 aromatic carbocycles. The van der Waals surface area contributed by atoms with Crippen LogP contribution in [0, 0.1) is 0 Å². The molecule has 0 heterocycles. The van der Waals surface area contributed by atoms with Crippen LogP contribution in [0.2, 0.25) is 0 Å². The first-order valence-corrected chi connectivity index (χ1v) is 13.7. The fourth-order valence-electron chi connectivity index (χ4n) is 3.88. The predicted octanol–water partition coefficient (Wildman–Crippen LogP) is 6.16. The van der Waals surface area contributed by atoms with E-state index in [9.17, 15) is 4.79 Å². The van der Waals surface area contributed by atoms with E-state index in [1.807, 2.05) is 36.4 Å². The van der Waals surface area contributed by atoms with Gasteiger partial charge in [-0.25, -0.2) is 0 Å². The molecular formula is C27H40O2Si. The SMILES string of the molecule is CCCCCCCCCCCCCCC(=O)O[SiH](c1ccccc1)c1ccccc1. The Morgan fingerprint density at radius 3 is 1.47 bits per heavy atom. The summed E-state index contributed by atoms with van der Waals surface area (Å²) in [6.45, 7) is 2.27. The van der Waals surface area contributed by atoms with Gasteiger partial charge in [0, 0.05) is 6.42 Å². The van der Waals surface area contributed by atoms with Crippen molar-refractivity contribution < 1.29 is 9.22 Å². The maximum absolute atomic E-state index is 12.5. The summed E-state index contributed by atoms with van der Waals surface area (Å²) in [5.74, 6) is -0.0357. The molecule has 164 valence electrons. The molecule has 0 aliphatic carbocycles. The Morgan fingerprint density at radius 2 is 1.03 bits per heavy atom. The minimum absolute atomic E-state index is 0.0357. The molecular weight excluding hydrogens is 384 g/mol. The van der Waals surface area contributed by atoms with Crippen molar-refractivity contribution in [3.63, 3.8) is 0 Å². The summed E-state index contributed by atoms with van der Waals surface area (Å²) < 4.78 is 6.02. The van der Waals surface area contributed by atoms with E-state index in [4.69, 9.17) is 4.43 Å². The molecule has 30 heavy (non-hydrogen) atoms. The predicted molar refractivity (Wildman–Crippen MR) is 131 cm³/mol. The molecule has 0 atom stereocenters. The Bertz CT molecular complexity index is 632. The highest BCUT2D eigenvalue weighted by Crippen LogP contribution is 2.12. The summed E-state index contributed by atoms with van der Waals surface area (Å²) in [5, 5.41) is 2.32. The lowest BCUT2D eigenvalue weighted by Crippen LogP contribution is -2.46. The number of rotatable bonds is 16. The standard InChI is InChI=1S/C27H40O2Si/c1-2-3-4-5-6-7-8-9-10-11-12-19-24-27(28)29-30(25-20-15-13-16-21-25)26-22-17-14-18-23-26/h13-18,20-23,30H,2-12,19,24H2,1H3. The summed E-state index contributed by atoms with van der Waals surface area (Å²) in [5.41, 5.74) is 0. The highest BCUT2D eigenvalue weighted by Gasteiger charge is 2.21. The lowest BCUT2D eigenvalue weighted by molar-refractivity contribution is -0.134. The van der Waals surface area contributed by atoms with Crippen molar-refractivity contribution in [3.8, 4) is 0 Å². The van der Waals surface area contributed by atoms with Crippen LogP contribution >= 0.6 is 0 Å². The zero-order chi connectivity index (χ0) is 21.3.